The van der Waals surface area contributed by atoms with Crippen molar-refractivity contribution in [2.45, 2.75) is 18.9 Å². The molecule has 0 unspecified atom stereocenters. The van der Waals surface area contributed by atoms with Gasteiger partial charge in [-0.15, -0.1) is 0 Å². The van der Waals surface area contributed by atoms with Crippen molar-refractivity contribution in [1.29, 1.82) is 0 Å². The van der Waals surface area contributed by atoms with Crippen molar-refractivity contribution in [1.82, 2.24) is 25.1 Å². The second-order valence-electron chi connectivity index (χ2n) is 6.17. The second-order valence-corrected chi connectivity index (χ2v) is 6.17. The van der Waals surface area contributed by atoms with Crippen LogP contribution in [-0.4, -0.2) is 58.0 Å². The molecule has 2 aromatic heterocycles. The molecule has 2 aliphatic rings. The van der Waals surface area contributed by atoms with Crippen LogP contribution < -0.4 is 10.2 Å². The first-order valence-electron chi connectivity index (χ1n) is 8.26. The first kappa shape index (κ1) is 15.1. The molecule has 1 amide bonds. The Labute approximate surface area is 139 Å². The van der Waals surface area contributed by atoms with E-state index >= 15 is 0 Å². The monoisotopic (exact) mass is 328 g/mol. The number of anilines is 1. The lowest BCUT2D eigenvalue weighted by Crippen LogP contribution is -2.54. The van der Waals surface area contributed by atoms with Crippen LogP contribution >= 0.6 is 0 Å². The zero-order valence-electron chi connectivity index (χ0n) is 13.3. The highest BCUT2D eigenvalue weighted by atomic mass is 16.5. The van der Waals surface area contributed by atoms with Crippen LogP contribution in [-0.2, 0) is 9.53 Å². The summed E-state index contributed by atoms with van der Waals surface area (Å²) in [4.78, 5) is 22.8. The van der Waals surface area contributed by atoms with E-state index in [0.29, 0.717) is 19.6 Å². The average molecular weight is 328 g/mol. The number of carbonyl (C=O) groups excluding carboxylic acids is 1. The normalized spacial score (nSPS) is 20.8. The van der Waals surface area contributed by atoms with Crippen LogP contribution in [0.5, 0.6) is 0 Å². The number of nitrogens with zero attached hydrogens (tertiary/aromatic N) is 5. The maximum Gasteiger partial charge on any atom is 0.226 e. The molecule has 0 spiro atoms. The summed E-state index contributed by atoms with van der Waals surface area (Å²) >= 11 is 0. The molecule has 1 atom stereocenters. The van der Waals surface area contributed by atoms with Gasteiger partial charge in [-0.25, -0.2) is 14.6 Å². The predicted octanol–water partition coefficient (Wildman–Crippen LogP) is 0.394. The lowest BCUT2D eigenvalue weighted by Gasteiger charge is -2.39. The topological polar surface area (TPSA) is 85.2 Å². The van der Waals surface area contributed by atoms with Crippen LogP contribution in [0.3, 0.4) is 0 Å². The Morgan fingerprint density at radius 1 is 1.33 bits per heavy atom. The van der Waals surface area contributed by atoms with Crippen LogP contribution in [0.1, 0.15) is 12.8 Å². The van der Waals surface area contributed by atoms with Gasteiger partial charge in [0, 0.05) is 44.7 Å². The molecule has 0 radical (unpaired) electrons. The second kappa shape index (κ2) is 6.56. The van der Waals surface area contributed by atoms with E-state index in [-0.39, 0.29) is 17.9 Å². The zero-order chi connectivity index (χ0) is 16.4. The molecule has 0 bridgehead atoms. The Morgan fingerprint density at radius 3 is 2.96 bits per heavy atom. The van der Waals surface area contributed by atoms with E-state index in [0.717, 1.165) is 31.1 Å². The van der Waals surface area contributed by atoms with Gasteiger partial charge in [0.2, 0.25) is 5.91 Å². The molecule has 0 saturated carbocycles. The summed E-state index contributed by atoms with van der Waals surface area (Å²) < 4.78 is 7.21. The van der Waals surface area contributed by atoms with E-state index in [4.69, 9.17) is 4.74 Å². The van der Waals surface area contributed by atoms with Crippen molar-refractivity contribution in [3.63, 3.8) is 0 Å². The van der Waals surface area contributed by atoms with Gasteiger partial charge in [0.25, 0.3) is 0 Å². The van der Waals surface area contributed by atoms with Gasteiger partial charge in [-0.1, -0.05) is 0 Å². The molecule has 8 nitrogen and oxygen atoms in total. The number of nitrogens with one attached hydrogen (secondary N) is 1. The maximum atomic E-state index is 12.2. The summed E-state index contributed by atoms with van der Waals surface area (Å²) in [5.74, 6) is 1.65. The molecule has 0 aliphatic carbocycles. The van der Waals surface area contributed by atoms with Crippen molar-refractivity contribution >= 4 is 11.7 Å². The number of aromatic nitrogens is 4. The van der Waals surface area contributed by atoms with Gasteiger partial charge in [0.05, 0.1) is 12.0 Å². The summed E-state index contributed by atoms with van der Waals surface area (Å²) in [5.41, 5.74) is 0. The first-order valence-corrected chi connectivity index (χ1v) is 8.26. The lowest BCUT2D eigenvalue weighted by atomic mass is 9.99. The zero-order valence-corrected chi connectivity index (χ0v) is 13.3. The molecule has 126 valence electrons. The quantitative estimate of drug-likeness (QED) is 0.855. The molecule has 8 heteroatoms. The minimum atomic E-state index is 0.00882. The van der Waals surface area contributed by atoms with Crippen LogP contribution in [0, 0.1) is 5.92 Å². The number of rotatable bonds is 5. The van der Waals surface area contributed by atoms with Gasteiger partial charge in [0.1, 0.15) is 12.1 Å². The van der Waals surface area contributed by atoms with Gasteiger partial charge < -0.3 is 15.0 Å². The summed E-state index contributed by atoms with van der Waals surface area (Å²) in [5, 5.41) is 7.16. The Balaban J connectivity index is 1.30. The van der Waals surface area contributed by atoms with E-state index in [1.165, 1.54) is 6.33 Å². The summed E-state index contributed by atoms with van der Waals surface area (Å²) in [6.45, 7) is 2.77. The summed E-state index contributed by atoms with van der Waals surface area (Å²) in [7, 11) is 0. The molecule has 4 heterocycles. The Hall–Kier alpha value is -2.48. The third-order valence-electron chi connectivity index (χ3n) is 4.48. The van der Waals surface area contributed by atoms with Gasteiger partial charge in [0.15, 0.2) is 5.82 Å². The smallest absolute Gasteiger partial charge is 0.226 e. The minimum Gasteiger partial charge on any atom is -0.376 e. The van der Waals surface area contributed by atoms with E-state index in [9.17, 15) is 4.79 Å². The molecule has 24 heavy (non-hydrogen) atoms. The highest BCUT2D eigenvalue weighted by molar-refractivity contribution is 5.81. The standard InChI is InChI=1S/C16H20N6O2/c23-16(17-8-13-3-1-6-24-13)12-9-21(10-12)14-7-15(19-11-18-14)22-5-2-4-20-22/h2,4-5,7,11-13H,1,3,6,8-10H2,(H,17,23)/t13-/m0/s1. The van der Waals surface area contributed by atoms with Gasteiger partial charge >= 0.3 is 0 Å². The molecular formula is C16H20N6O2. The van der Waals surface area contributed by atoms with Gasteiger partial charge in [-0.05, 0) is 18.9 Å². The fourth-order valence-corrected chi connectivity index (χ4v) is 3.04. The van der Waals surface area contributed by atoms with Crippen molar-refractivity contribution in [2.24, 2.45) is 5.92 Å². The number of amides is 1. The fourth-order valence-electron chi connectivity index (χ4n) is 3.04. The van der Waals surface area contributed by atoms with Crippen LogP contribution in [0.15, 0.2) is 30.9 Å². The fraction of sp³-hybridized carbons (Fsp3) is 0.500. The molecule has 2 aliphatic heterocycles. The molecule has 2 aromatic rings. The first-order chi connectivity index (χ1) is 11.8. The highest BCUT2D eigenvalue weighted by Crippen LogP contribution is 2.23. The number of carbonyl (C=O) groups is 1. The SMILES string of the molecule is O=C(NC[C@@H]1CCCO1)C1CN(c2cc(-n3cccn3)ncn2)C1. The summed E-state index contributed by atoms with van der Waals surface area (Å²) in [6.07, 6.45) is 7.38. The van der Waals surface area contributed by atoms with E-state index < -0.39 is 0 Å². The maximum absolute atomic E-state index is 12.2. The van der Waals surface area contributed by atoms with Crippen molar-refractivity contribution in [3.8, 4) is 5.82 Å². The van der Waals surface area contributed by atoms with Gasteiger partial charge in [-0.3, -0.25) is 4.79 Å². The van der Waals surface area contributed by atoms with Crippen LogP contribution in [0.2, 0.25) is 0 Å². The third-order valence-corrected chi connectivity index (χ3v) is 4.48. The Morgan fingerprint density at radius 2 is 2.21 bits per heavy atom. The van der Waals surface area contributed by atoms with E-state index in [1.807, 2.05) is 18.3 Å². The molecule has 0 aromatic carbocycles. The van der Waals surface area contributed by atoms with E-state index in [1.54, 1.807) is 10.9 Å². The Kier molecular flexibility index (Phi) is 4.12. The van der Waals surface area contributed by atoms with Crippen molar-refractivity contribution in [2.75, 3.05) is 31.1 Å². The third kappa shape index (κ3) is 3.09. The molecule has 2 fully saturated rings. The average Bonchev–Trinajstić information content (AvgIpc) is 3.25. The van der Waals surface area contributed by atoms with Gasteiger partial charge in [-0.2, -0.15) is 5.10 Å². The Bertz CT molecular complexity index is 692. The molecule has 2 saturated heterocycles. The van der Waals surface area contributed by atoms with E-state index in [2.05, 4.69) is 25.3 Å². The number of hydrogen-bond acceptors (Lipinski definition) is 6. The lowest BCUT2D eigenvalue weighted by molar-refractivity contribution is -0.126. The van der Waals surface area contributed by atoms with Crippen LogP contribution in [0.4, 0.5) is 5.82 Å². The van der Waals surface area contributed by atoms with Crippen molar-refractivity contribution < 1.29 is 9.53 Å². The van der Waals surface area contributed by atoms with Crippen molar-refractivity contribution in [3.05, 3.63) is 30.9 Å². The van der Waals surface area contributed by atoms with Crippen LogP contribution in [0.25, 0.3) is 5.82 Å². The minimum absolute atomic E-state index is 0.00882. The highest BCUT2D eigenvalue weighted by Gasteiger charge is 2.34. The molecule has 4 rings (SSSR count). The molecular weight excluding hydrogens is 308 g/mol. The molecule has 1 N–H and O–H groups in total. The summed E-state index contributed by atoms with van der Waals surface area (Å²) in [6, 6.07) is 3.73. The number of hydrogen-bond donors (Lipinski definition) is 1. The largest absolute Gasteiger partial charge is 0.376 e. The number of ether oxygens (including phenoxy) is 1. The predicted molar refractivity (Wildman–Crippen MR) is 86.8 cm³/mol.